The fourth-order valence-electron chi connectivity index (χ4n) is 3.29. The van der Waals surface area contributed by atoms with Gasteiger partial charge in [-0.1, -0.05) is 25.7 Å². The maximum Gasteiger partial charge on any atom is 0.417 e. The number of aliphatic hydroxyl groups is 3. The molecule has 5 nitrogen and oxygen atoms in total. The molecule has 1 saturated carbocycles. The minimum atomic E-state index is -4.95. The Morgan fingerprint density at radius 1 is 1.38 bits per heavy atom. The van der Waals surface area contributed by atoms with E-state index in [2.05, 4.69) is 11.9 Å². The summed E-state index contributed by atoms with van der Waals surface area (Å²) in [5.74, 6) is -1.23. The van der Waals surface area contributed by atoms with Gasteiger partial charge in [0.05, 0.1) is 18.6 Å². The van der Waals surface area contributed by atoms with Crippen molar-refractivity contribution in [3.8, 4) is 0 Å². The molecule has 1 aliphatic rings. The zero-order valence-corrected chi connectivity index (χ0v) is 17.2. The van der Waals surface area contributed by atoms with E-state index in [0.29, 0.717) is 30.2 Å². The lowest BCUT2D eigenvalue weighted by Crippen LogP contribution is -2.46. The summed E-state index contributed by atoms with van der Waals surface area (Å²) in [6.45, 7) is 8.10. The normalized spacial score (nSPS) is 25.6. The van der Waals surface area contributed by atoms with Crippen molar-refractivity contribution in [1.29, 1.82) is 0 Å². The van der Waals surface area contributed by atoms with Gasteiger partial charge in [0.2, 0.25) is 5.91 Å². The highest BCUT2D eigenvalue weighted by molar-refractivity contribution is 5.79. The number of nitrogens with one attached hydrogen (secondary N) is 1. The standard InChI is InChI=1S/C21H32F3NO4/c1-5-6-7-8-9-13(2)19(16-10-15(26)11-17(27)14(16)3)25-18(28)12-20(4,29)21(22,23)24/h5-6,13,15,17,26-27,29H,3,7-12H2,1-2,4H3,(H,25,28)/b6-5+,19-16?/t13-,15-,17+,20+/m1/s1. The van der Waals surface area contributed by atoms with Crippen molar-refractivity contribution < 1.29 is 33.3 Å². The Bertz CT molecular complexity index is 653. The minimum absolute atomic E-state index is 0.113. The number of aliphatic hydroxyl groups excluding tert-OH is 2. The molecule has 1 rings (SSSR count). The van der Waals surface area contributed by atoms with E-state index in [1.54, 1.807) is 0 Å². The molecule has 0 aliphatic heterocycles. The van der Waals surface area contributed by atoms with Crippen molar-refractivity contribution in [2.45, 2.75) is 83.3 Å². The molecule has 0 aromatic rings. The lowest BCUT2D eigenvalue weighted by molar-refractivity contribution is -0.253. The van der Waals surface area contributed by atoms with Gasteiger partial charge in [-0.2, -0.15) is 13.2 Å². The van der Waals surface area contributed by atoms with Crippen LogP contribution in [0.5, 0.6) is 0 Å². The van der Waals surface area contributed by atoms with Gasteiger partial charge in [0.25, 0.3) is 0 Å². The summed E-state index contributed by atoms with van der Waals surface area (Å²) < 4.78 is 38.8. The number of alkyl halides is 3. The smallest absolute Gasteiger partial charge is 0.393 e. The number of allylic oxidation sites excluding steroid dienone is 3. The molecular weight excluding hydrogens is 387 g/mol. The maximum absolute atomic E-state index is 12.9. The lowest BCUT2D eigenvalue weighted by Gasteiger charge is -2.32. The van der Waals surface area contributed by atoms with E-state index in [4.69, 9.17) is 0 Å². The molecule has 0 unspecified atom stereocenters. The molecule has 0 heterocycles. The molecule has 0 aromatic carbocycles. The van der Waals surface area contributed by atoms with Crippen LogP contribution in [-0.4, -0.2) is 45.2 Å². The highest BCUT2D eigenvalue weighted by Crippen LogP contribution is 2.35. The van der Waals surface area contributed by atoms with Gasteiger partial charge < -0.3 is 20.6 Å². The van der Waals surface area contributed by atoms with E-state index in [0.717, 1.165) is 12.8 Å². The van der Waals surface area contributed by atoms with Crippen LogP contribution in [-0.2, 0) is 4.79 Å². The summed E-state index contributed by atoms with van der Waals surface area (Å²) in [4.78, 5) is 12.3. The van der Waals surface area contributed by atoms with Crippen LogP contribution in [0.2, 0.25) is 0 Å². The molecule has 1 amide bonds. The first-order valence-corrected chi connectivity index (χ1v) is 9.78. The van der Waals surface area contributed by atoms with Crippen LogP contribution < -0.4 is 5.32 Å². The first-order valence-electron chi connectivity index (χ1n) is 9.78. The molecular formula is C21H32F3NO4. The highest BCUT2D eigenvalue weighted by Gasteiger charge is 2.51. The topological polar surface area (TPSA) is 89.8 Å². The van der Waals surface area contributed by atoms with Crippen molar-refractivity contribution in [3.63, 3.8) is 0 Å². The Labute approximate surface area is 170 Å². The molecule has 4 N–H and O–H groups in total. The Kier molecular flexibility index (Phi) is 9.11. The summed E-state index contributed by atoms with van der Waals surface area (Å²) in [7, 11) is 0. The molecule has 0 aromatic heterocycles. The number of hydrogen-bond donors (Lipinski definition) is 4. The number of carbonyl (C=O) groups is 1. The fraction of sp³-hybridized carbons (Fsp3) is 0.667. The van der Waals surface area contributed by atoms with Crippen LogP contribution >= 0.6 is 0 Å². The third-order valence-corrected chi connectivity index (χ3v) is 5.18. The van der Waals surface area contributed by atoms with Gasteiger partial charge in [0, 0.05) is 18.5 Å². The quantitative estimate of drug-likeness (QED) is 0.358. The van der Waals surface area contributed by atoms with Gasteiger partial charge in [-0.05, 0) is 50.2 Å². The van der Waals surface area contributed by atoms with Crippen LogP contribution in [0.15, 0.2) is 35.6 Å². The van der Waals surface area contributed by atoms with Crippen LogP contribution in [0, 0.1) is 5.92 Å². The molecule has 166 valence electrons. The number of carbonyl (C=O) groups excluding carboxylic acids is 1. The molecule has 0 radical (unpaired) electrons. The van der Waals surface area contributed by atoms with Gasteiger partial charge in [-0.3, -0.25) is 4.79 Å². The average Bonchev–Trinajstić information content (AvgIpc) is 2.58. The van der Waals surface area contributed by atoms with E-state index >= 15 is 0 Å². The molecule has 0 saturated heterocycles. The van der Waals surface area contributed by atoms with Gasteiger partial charge in [0.15, 0.2) is 5.60 Å². The van der Waals surface area contributed by atoms with E-state index in [1.165, 1.54) is 0 Å². The zero-order valence-electron chi connectivity index (χ0n) is 17.2. The van der Waals surface area contributed by atoms with Crippen molar-refractivity contribution >= 4 is 5.91 Å². The monoisotopic (exact) mass is 419 g/mol. The molecule has 4 atom stereocenters. The number of rotatable bonds is 8. The Morgan fingerprint density at radius 3 is 2.55 bits per heavy atom. The molecule has 8 heteroatoms. The third-order valence-electron chi connectivity index (χ3n) is 5.18. The molecule has 1 aliphatic carbocycles. The third kappa shape index (κ3) is 7.28. The predicted octanol–water partition coefficient (Wildman–Crippen LogP) is 3.51. The summed E-state index contributed by atoms with van der Waals surface area (Å²) in [5, 5.41) is 32.3. The van der Waals surface area contributed by atoms with Gasteiger partial charge in [-0.15, -0.1) is 0 Å². The summed E-state index contributed by atoms with van der Waals surface area (Å²) in [5.41, 5.74) is -2.02. The minimum Gasteiger partial charge on any atom is -0.393 e. The first kappa shape index (κ1) is 25.4. The Balaban J connectivity index is 3.12. The largest absolute Gasteiger partial charge is 0.417 e. The molecule has 0 bridgehead atoms. The predicted molar refractivity (Wildman–Crippen MR) is 105 cm³/mol. The van der Waals surface area contributed by atoms with Gasteiger partial charge >= 0.3 is 6.18 Å². The van der Waals surface area contributed by atoms with Crippen molar-refractivity contribution in [2.75, 3.05) is 0 Å². The van der Waals surface area contributed by atoms with Crippen LogP contribution in [0.3, 0.4) is 0 Å². The van der Waals surface area contributed by atoms with E-state index in [-0.39, 0.29) is 18.8 Å². The van der Waals surface area contributed by atoms with Gasteiger partial charge in [-0.25, -0.2) is 0 Å². The SMILES string of the molecule is C=C1C(=C(NC(=O)C[C@](C)(O)C(F)(F)F)[C@H](C)CCC/C=C/C)C[C@@H](O)C[C@@H]1O. The van der Waals surface area contributed by atoms with E-state index < -0.39 is 36.3 Å². The maximum atomic E-state index is 12.9. The summed E-state index contributed by atoms with van der Waals surface area (Å²) in [6.07, 6.45) is -1.54. The van der Waals surface area contributed by atoms with Crippen LogP contribution in [0.25, 0.3) is 0 Å². The number of hydrogen-bond acceptors (Lipinski definition) is 4. The van der Waals surface area contributed by atoms with E-state index in [1.807, 2.05) is 26.0 Å². The Morgan fingerprint density at radius 2 is 2.00 bits per heavy atom. The van der Waals surface area contributed by atoms with Crippen LogP contribution in [0.1, 0.15) is 59.3 Å². The zero-order chi connectivity index (χ0) is 22.4. The van der Waals surface area contributed by atoms with Gasteiger partial charge in [0.1, 0.15) is 0 Å². The average molecular weight is 419 g/mol. The first-order chi connectivity index (χ1) is 13.3. The second kappa shape index (κ2) is 10.4. The summed E-state index contributed by atoms with van der Waals surface area (Å²) >= 11 is 0. The second-order valence-electron chi connectivity index (χ2n) is 7.92. The lowest BCUT2D eigenvalue weighted by atomic mass is 9.82. The molecule has 29 heavy (non-hydrogen) atoms. The van der Waals surface area contributed by atoms with Crippen molar-refractivity contribution in [3.05, 3.63) is 35.6 Å². The van der Waals surface area contributed by atoms with Crippen molar-refractivity contribution in [1.82, 2.24) is 5.32 Å². The molecule has 0 spiro atoms. The Hall–Kier alpha value is -1.64. The number of halogens is 3. The fourth-order valence-corrected chi connectivity index (χ4v) is 3.29. The number of unbranched alkanes of at least 4 members (excludes halogenated alkanes) is 1. The highest BCUT2D eigenvalue weighted by atomic mass is 19.4. The molecule has 1 fully saturated rings. The van der Waals surface area contributed by atoms with E-state index in [9.17, 15) is 33.3 Å². The summed E-state index contributed by atoms with van der Waals surface area (Å²) in [6, 6.07) is 0. The number of amides is 1. The second-order valence-corrected chi connectivity index (χ2v) is 7.92. The van der Waals surface area contributed by atoms with Crippen LogP contribution in [0.4, 0.5) is 13.2 Å². The van der Waals surface area contributed by atoms with Crippen molar-refractivity contribution in [2.24, 2.45) is 5.92 Å².